The van der Waals surface area contributed by atoms with Crippen LogP contribution >= 0.6 is 23.1 Å². The average molecular weight is 480 g/mol. The summed E-state index contributed by atoms with van der Waals surface area (Å²) in [7, 11) is 1.59. The standard InChI is InChI=1S/C23H21N5O3S2/c1-31-18-10-8-17(9-11-18)25-22(30)15-4-6-16(7-5-15)24-21(29)14-33-23-26-20(27-28-23)13-19-3-2-12-32-19/h2-12H,13-14H2,1H3,(H,24,29)(H,25,30)(H,26,27,28). The molecule has 0 saturated carbocycles. The molecule has 33 heavy (non-hydrogen) atoms. The third-order valence-corrected chi connectivity index (χ3v) is 6.27. The first-order valence-corrected chi connectivity index (χ1v) is 11.9. The van der Waals surface area contributed by atoms with E-state index in [-0.39, 0.29) is 17.6 Å². The van der Waals surface area contributed by atoms with Gasteiger partial charge in [0, 0.05) is 28.2 Å². The molecular weight excluding hydrogens is 458 g/mol. The number of thioether (sulfide) groups is 1. The van der Waals surface area contributed by atoms with Crippen molar-refractivity contribution in [3.63, 3.8) is 0 Å². The van der Waals surface area contributed by atoms with Gasteiger partial charge in [0.1, 0.15) is 11.6 Å². The highest BCUT2D eigenvalue weighted by Crippen LogP contribution is 2.18. The normalized spacial score (nSPS) is 10.6. The van der Waals surface area contributed by atoms with E-state index in [0.717, 1.165) is 5.82 Å². The number of amides is 2. The molecule has 8 nitrogen and oxygen atoms in total. The number of hydrogen-bond acceptors (Lipinski definition) is 7. The van der Waals surface area contributed by atoms with Crippen molar-refractivity contribution in [2.45, 2.75) is 11.6 Å². The lowest BCUT2D eigenvalue weighted by Crippen LogP contribution is -2.15. The second kappa shape index (κ2) is 10.8. The largest absolute Gasteiger partial charge is 0.497 e. The van der Waals surface area contributed by atoms with Gasteiger partial charge in [-0.05, 0) is 60.0 Å². The van der Waals surface area contributed by atoms with Gasteiger partial charge in [-0.2, -0.15) is 0 Å². The van der Waals surface area contributed by atoms with E-state index in [1.54, 1.807) is 67.0 Å². The van der Waals surface area contributed by atoms with Gasteiger partial charge in [0.2, 0.25) is 11.1 Å². The van der Waals surface area contributed by atoms with Crippen molar-refractivity contribution in [1.82, 2.24) is 15.2 Å². The zero-order valence-corrected chi connectivity index (χ0v) is 19.3. The predicted molar refractivity (Wildman–Crippen MR) is 130 cm³/mol. The molecule has 2 aromatic heterocycles. The molecule has 0 atom stereocenters. The van der Waals surface area contributed by atoms with E-state index in [2.05, 4.69) is 25.8 Å². The van der Waals surface area contributed by atoms with E-state index in [4.69, 9.17) is 4.74 Å². The zero-order chi connectivity index (χ0) is 23.0. The number of hydrogen-bond donors (Lipinski definition) is 3. The van der Waals surface area contributed by atoms with Crippen molar-refractivity contribution in [3.8, 4) is 5.75 Å². The fourth-order valence-electron chi connectivity index (χ4n) is 2.91. The van der Waals surface area contributed by atoms with E-state index in [1.807, 2.05) is 17.5 Å². The number of anilines is 2. The summed E-state index contributed by atoms with van der Waals surface area (Å²) < 4.78 is 5.11. The van der Waals surface area contributed by atoms with Crippen LogP contribution in [0.5, 0.6) is 5.75 Å². The van der Waals surface area contributed by atoms with Crippen LogP contribution in [0.1, 0.15) is 21.1 Å². The molecule has 0 aliphatic rings. The summed E-state index contributed by atoms with van der Waals surface area (Å²) in [6.45, 7) is 0. The molecule has 10 heteroatoms. The Labute approximate surface area is 198 Å². The Balaban J connectivity index is 1.24. The fraction of sp³-hybridized carbons (Fsp3) is 0.130. The van der Waals surface area contributed by atoms with Gasteiger partial charge in [-0.3, -0.25) is 14.7 Å². The quantitative estimate of drug-likeness (QED) is 0.306. The number of methoxy groups -OCH3 is 1. The SMILES string of the molecule is COc1ccc(NC(=O)c2ccc(NC(=O)CSc3n[nH]c(Cc4cccs4)n3)cc2)cc1. The number of aromatic nitrogens is 3. The lowest BCUT2D eigenvalue weighted by atomic mass is 10.2. The molecule has 0 aliphatic carbocycles. The Kier molecular flexibility index (Phi) is 7.38. The van der Waals surface area contributed by atoms with Crippen molar-refractivity contribution in [2.75, 3.05) is 23.5 Å². The number of rotatable bonds is 9. The van der Waals surface area contributed by atoms with Crippen molar-refractivity contribution in [1.29, 1.82) is 0 Å². The Morgan fingerprint density at radius 3 is 2.45 bits per heavy atom. The third kappa shape index (κ3) is 6.43. The lowest BCUT2D eigenvalue weighted by molar-refractivity contribution is -0.113. The molecule has 4 aromatic rings. The number of carbonyl (C=O) groups is 2. The van der Waals surface area contributed by atoms with Crippen LogP contribution in [0.25, 0.3) is 0 Å². The van der Waals surface area contributed by atoms with Crippen molar-refractivity contribution in [2.24, 2.45) is 0 Å². The molecule has 2 heterocycles. The number of aromatic amines is 1. The molecule has 0 spiro atoms. The summed E-state index contributed by atoms with van der Waals surface area (Å²) in [4.78, 5) is 30.3. The number of H-pyrrole nitrogens is 1. The van der Waals surface area contributed by atoms with Crippen LogP contribution in [0.2, 0.25) is 0 Å². The van der Waals surface area contributed by atoms with Gasteiger partial charge in [-0.1, -0.05) is 17.8 Å². The highest BCUT2D eigenvalue weighted by molar-refractivity contribution is 7.99. The number of benzene rings is 2. The molecular formula is C23H21N5O3S2. The van der Waals surface area contributed by atoms with Gasteiger partial charge in [-0.15, -0.1) is 16.4 Å². The van der Waals surface area contributed by atoms with Crippen LogP contribution in [-0.4, -0.2) is 39.9 Å². The van der Waals surface area contributed by atoms with Crippen molar-refractivity contribution in [3.05, 3.63) is 82.3 Å². The molecule has 0 aliphatic heterocycles. The second-order valence-corrected chi connectivity index (χ2v) is 8.89. The lowest BCUT2D eigenvalue weighted by Gasteiger charge is -2.08. The molecule has 0 saturated heterocycles. The monoisotopic (exact) mass is 479 g/mol. The number of nitrogens with zero attached hydrogens (tertiary/aromatic N) is 2. The summed E-state index contributed by atoms with van der Waals surface area (Å²) in [5, 5.41) is 15.2. The molecule has 168 valence electrons. The molecule has 3 N–H and O–H groups in total. The maximum absolute atomic E-state index is 12.4. The van der Waals surface area contributed by atoms with Gasteiger partial charge >= 0.3 is 0 Å². The van der Waals surface area contributed by atoms with Crippen LogP contribution in [0.4, 0.5) is 11.4 Å². The Bertz CT molecular complexity index is 1210. The van der Waals surface area contributed by atoms with Gasteiger partial charge < -0.3 is 15.4 Å². The summed E-state index contributed by atoms with van der Waals surface area (Å²) in [6.07, 6.45) is 0.690. The highest BCUT2D eigenvalue weighted by Gasteiger charge is 2.10. The first kappa shape index (κ1) is 22.6. The van der Waals surface area contributed by atoms with Crippen molar-refractivity contribution >= 4 is 46.3 Å². The van der Waals surface area contributed by atoms with Crippen LogP contribution in [0.3, 0.4) is 0 Å². The molecule has 0 unspecified atom stereocenters. The second-order valence-electron chi connectivity index (χ2n) is 6.92. The van der Waals surface area contributed by atoms with E-state index in [9.17, 15) is 9.59 Å². The smallest absolute Gasteiger partial charge is 0.255 e. The molecule has 0 bridgehead atoms. The number of nitrogens with one attached hydrogen (secondary N) is 3. The first-order valence-electron chi connectivity index (χ1n) is 10.0. The van der Waals surface area contributed by atoms with E-state index in [1.165, 1.54) is 16.6 Å². The van der Waals surface area contributed by atoms with Gasteiger partial charge in [0.15, 0.2) is 0 Å². The molecule has 2 aromatic carbocycles. The highest BCUT2D eigenvalue weighted by atomic mass is 32.2. The summed E-state index contributed by atoms with van der Waals surface area (Å²) in [6, 6.07) is 17.8. The summed E-state index contributed by atoms with van der Waals surface area (Å²) in [5.41, 5.74) is 1.76. The number of carbonyl (C=O) groups excluding carboxylic acids is 2. The molecule has 4 rings (SSSR count). The van der Waals surface area contributed by atoms with E-state index in [0.29, 0.717) is 34.3 Å². The van der Waals surface area contributed by atoms with Gasteiger partial charge in [-0.25, -0.2) is 4.98 Å². The Morgan fingerprint density at radius 2 is 1.76 bits per heavy atom. The molecule has 2 amide bonds. The maximum atomic E-state index is 12.4. The predicted octanol–water partition coefficient (Wildman–Crippen LogP) is 4.45. The minimum Gasteiger partial charge on any atom is -0.497 e. The first-order chi connectivity index (χ1) is 16.1. The van der Waals surface area contributed by atoms with Crippen LogP contribution in [0, 0.1) is 0 Å². The zero-order valence-electron chi connectivity index (χ0n) is 17.7. The van der Waals surface area contributed by atoms with Gasteiger partial charge in [0.05, 0.1) is 12.9 Å². The molecule has 0 fully saturated rings. The third-order valence-electron chi connectivity index (χ3n) is 4.54. The number of ether oxygens (including phenoxy) is 1. The molecule has 0 radical (unpaired) electrons. The van der Waals surface area contributed by atoms with Crippen molar-refractivity contribution < 1.29 is 14.3 Å². The minimum absolute atomic E-state index is 0.177. The average Bonchev–Trinajstić information content (AvgIpc) is 3.51. The fourth-order valence-corrected chi connectivity index (χ4v) is 4.24. The summed E-state index contributed by atoms with van der Waals surface area (Å²) >= 11 is 2.92. The maximum Gasteiger partial charge on any atom is 0.255 e. The van der Waals surface area contributed by atoms with Crippen LogP contribution in [-0.2, 0) is 11.2 Å². The Morgan fingerprint density at radius 1 is 1.03 bits per heavy atom. The summed E-state index contributed by atoms with van der Waals surface area (Å²) in [5.74, 6) is 1.24. The van der Waals surface area contributed by atoms with Gasteiger partial charge in [0.25, 0.3) is 5.91 Å². The Hall–Kier alpha value is -3.63. The topological polar surface area (TPSA) is 109 Å². The van der Waals surface area contributed by atoms with Crippen LogP contribution in [0.15, 0.2) is 71.2 Å². The van der Waals surface area contributed by atoms with E-state index < -0.39 is 0 Å². The number of thiophene rings is 1. The minimum atomic E-state index is -0.239. The van der Waals surface area contributed by atoms with Crippen LogP contribution < -0.4 is 15.4 Å². The van der Waals surface area contributed by atoms with E-state index >= 15 is 0 Å².